The zero-order valence-electron chi connectivity index (χ0n) is 14.8. The van der Waals surface area contributed by atoms with Crippen LogP contribution in [0.2, 0.25) is 0 Å². The summed E-state index contributed by atoms with van der Waals surface area (Å²) in [6, 6.07) is 16.7. The maximum atomic E-state index is 12.3. The van der Waals surface area contributed by atoms with Crippen LogP contribution in [0.1, 0.15) is 38.0 Å². The molecule has 0 bridgehead atoms. The average molecular weight is 377 g/mol. The predicted molar refractivity (Wildman–Crippen MR) is 98.7 cm³/mol. The first-order valence-corrected chi connectivity index (χ1v) is 8.24. The van der Waals surface area contributed by atoms with Gasteiger partial charge in [-0.05, 0) is 37.3 Å². The van der Waals surface area contributed by atoms with Gasteiger partial charge in [-0.2, -0.15) is 4.98 Å². The van der Waals surface area contributed by atoms with Gasteiger partial charge in [0.15, 0.2) is 11.5 Å². The van der Waals surface area contributed by atoms with Crippen molar-refractivity contribution in [3.8, 4) is 17.5 Å². The zero-order chi connectivity index (χ0) is 20.1. The van der Waals surface area contributed by atoms with Crippen molar-refractivity contribution in [2.75, 3.05) is 0 Å². The third-order valence-corrected chi connectivity index (χ3v) is 3.72. The number of rotatable bonds is 5. The molecule has 3 aromatic rings. The SMILES string of the molecule is CC(=O)c1cccc(C(=O)Oc2nc(OC(=O)c3ccccc3)ccc2O)c1. The van der Waals surface area contributed by atoms with Gasteiger partial charge in [-0.15, -0.1) is 0 Å². The molecule has 7 nitrogen and oxygen atoms in total. The summed E-state index contributed by atoms with van der Waals surface area (Å²) in [6.45, 7) is 1.38. The summed E-state index contributed by atoms with van der Waals surface area (Å²) in [5.41, 5.74) is 0.773. The number of esters is 2. The van der Waals surface area contributed by atoms with Gasteiger partial charge in [-0.1, -0.05) is 30.3 Å². The number of aromatic nitrogens is 1. The largest absolute Gasteiger partial charge is 0.503 e. The van der Waals surface area contributed by atoms with Crippen LogP contribution < -0.4 is 9.47 Å². The van der Waals surface area contributed by atoms with Crippen molar-refractivity contribution in [2.24, 2.45) is 0 Å². The first-order valence-electron chi connectivity index (χ1n) is 8.24. The van der Waals surface area contributed by atoms with Crippen molar-refractivity contribution in [1.29, 1.82) is 0 Å². The summed E-state index contributed by atoms with van der Waals surface area (Å²) < 4.78 is 10.2. The van der Waals surface area contributed by atoms with Crippen LogP contribution in [0, 0.1) is 0 Å². The number of Topliss-reactive ketones (excluding diaryl/α,β-unsaturated/α-hetero) is 1. The van der Waals surface area contributed by atoms with Crippen LogP contribution in [-0.4, -0.2) is 27.8 Å². The molecule has 0 saturated carbocycles. The molecule has 0 aliphatic rings. The molecule has 1 aromatic heterocycles. The van der Waals surface area contributed by atoms with Crippen molar-refractivity contribution < 1.29 is 29.0 Å². The van der Waals surface area contributed by atoms with Gasteiger partial charge in [0.25, 0.3) is 5.88 Å². The summed E-state index contributed by atoms with van der Waals surface area (Å²) in [5.74, 6) is -2.65. The zero-order valence-corrected chi connectivity index (χ0v) is 14.8. The van der Waals surface area contributed by atoms with Gasteiger partial charge < -0.3 is 14.6 Å². The summed E-state index contributed by atoms with van der Waals surface area (Å²) in [4.78, 5) is 39.7. The van der Waals surface area contributed by atoms with Gasteiger partial charge in [0.2, 0.25) is 5.88 Å². The number of hydrogen-bond donors (Lipinski definition) is 1. The molecule has 0 saturated heterocycles. The first-order chi connectivity index (χ1) is 13.4. The molecular weight excluding hydrogens is 362 g/mol. The lowest BCUT2D eigenvalue weighted by atomic mass is 10.1. The number of nitrogens with zero attached hydrogens (tertiary/aromatic N) is 1. The lowest BCUT2D eigenvalue weighted by Crippen LogP contribution is -2.12. The van der Waals surface area contributed by atoms with E-state index in [0.29, 0.717) is 11.1 Å². The van der Waals surface area contributed by atoms with Crippen LogP contribution in [0.15, 0.2) is 66.7 Å². The minimum atomic E-state index is -0.822. The highest BCUT2D eigenvalue weighted by molar-refractivity contribution is 5.98. The van der Waals surface area contributed by atoms with E-state index in [4.69, 9.17) is 9.47 Å². The molecule has 0 atom stereocenters. The monoisotopic (exact) mass is 377 g/mol. The Morgan fingerprint density at radius 1 is 0.786 bits per heavy atom. The number of ether oxygens (including phenoxy) is 2. The standard InChI is InChI=1S/C21H15NO6/c1-13(23)15-8-5-9-16(12-15)21(26)28-19-17(24)10-11-18(22-19)27-20(25)14-6-3-2-4-7-14/h2-12,24H,1H3. The number of benzene rings is 2. The van der Waals surface area contributed by atoms with E-state index in [0.717, 1.165) is 0 Å². The van der Waals surface area contributed by atoms with Gasteiger partial charge >= 0.3 is 11.9 Å². The van der Waals surface area contributed by atoms with Crippen LogP contribution in [0.5, 0.6) is 17.5 Å². The molecule has 0 amide bonds. The highest BCUT2D eigenvalue weighted by atomic mass is 16.6. The van der Waals surface area contributed by atoms with Crippen LogP contribution in [0.4, 0.5) is 0 Å². The first kappa shape index (κ1) is 18.8. The fourth-order valence-electron chi connectivity index (χ4n) is 2.29. The van der Waals surface area contributed by atoms with E-state index in [2.05, 4.69) is 4.98 Å². The molecule has 0 fully saturated rings. The van der Waals surface area contributed by atoms with Crippen LogP contribution >= 0.6 is 0 Å². The van der Waals surface area contributed by atoms with E-state index in [-0.39, 0.29) is 17.2 Å². The second kappa shape index (κ2) is 8.13. The molecule has 7 heteroatoms. The quantitative estimate of drug-likeness (QED) is 0.537. The lowest BCUT2D eigenvalue weighted by molar-refractivity contribution is 0.0713. The van der Waals surface area contributed by atoms with Crippen molar-refractivity contribution in [3.63, 3.8) is 0 Å². The number of carbonyl (C=O) groups is 3. The molecule has 0 aliphatic heterocycles. The predicted octanol–water partition coefficient (Wildman–Crippen LogP) is 3.43. The molecule has 1 heterocycles. The normalized spacial score (nSPS) is 10.2. The van der Waals surface area contributed by atoms with Gasteiger partial charge in [0.05, 0.1) is 11.1 Å². The number of hydrogen-bond acceptors (Lipinski definition) is 7. The highest BCUT2D eigenvalue weighted by Gasteiger charge is 2.17. The molecule has 140 valence electrons. The molecular formula is C21H15NO6. The Bertz CT molecular complexity index is 1050. The van der Waals surface area contributed by atoms with Gasteiger partial charge in [0.1, 0.15) is 0 Å². The third kappa shape index (κ3) is 4.39. The topological polar surface area (TPSA) is 103 Å². The molecule has 0 spiro atoms. The van der Waals surface area contributed by atoms with Crippen LogP contribution in [-0.2, 0) is 0 Å². The van der Waals surface area contributed by atoms with E-state index in [1.165, 1.54) is 31.2 Å². The number of pyridine rings is 1. The van der Waals surface area contributed by atoms with Crippen LogP contribution in [0.3, 0.4) is 0 Å². The van der Waals surface area contributed by atoms with Crippen molar-refractivity contribution in [1.82, 2.24) is 4.98 Å². The fraction of sp³-hybridized carbons (Fsp3) is 0.0476. The molecule has 1 N–H and O–H groups in total. The van der Waals surface area contributed by atoms with E-state index in [1.54, 1.807) is 42.5 Å². The summed E-state index contributed by atoms with van der Waals surface area (Å²) in [5, 5.41) is 9.89. The second-order valence-electron chi connectivity index (χ2n) is 5.76. The highest BCUT2D eigenvalue weighted by Crippen LogP contribution is 2.27. The van der Waals surface area contributed by atoms with Gasteiger partial charge in [-0.25, -0.2) is 9.59 Å². The third-order valence-electron chi connectivity index (χ3n) is 3.72. The lowest BCUT2D eigenvalue weighted by Gasteiger charge is -2.08. The van der Waals surface area contributed by atoms with Crippen LogP contribution in [0.25, 0.3) is 0 Å². The smallest absolute Gasteiger partial charge is 0.345 e. The molecule has 0 aliphatic carbocycles. The minimum absolute atomic E-state index is 0.112. The summed E-state index contributed by atoms with van der Waals surface area (Å²) in [7, 11) is 0. The number of carbonyl (C=O) groups excluding carboxylic acids is 3. The van der Waals surface area contributed by atoms with Gasteiger partial charge in [0, 0.05) is 11.6 Å². The molecule has 3 rings (SSSR count). The van der Waals surface area contributed by atoms with E-state index < -0.39 is 23.6 Å². The second-order valence-corrected chi connectivity index (χ2v) is 5.76. The number of aromatic hydroxyl groups is 1. The van der Waals surface area contributed by atoms with E-state index in [9.17, 15) is 19.5 Å². The van der Waals surface area contributed by atoms with Crippen molar-refractivity contribution >= 4 is 17.7 Å². The molecule has 0 radical (unpaired) electrons. The Hall–Kier alpha value is -4.00. The van der Waals surface area contributed by atoms with E-state index in [1.807, 2.05) is 0 Å². The average Bonchev–Trinajstić information content (AvgIpc) is 2.71. The Labute approximate surface area is 160 Å². The molecule has 0 unspecified atom stereocenters. The number of ketones is 1. The van der Waals surface area contributed by atoms with Crippen molar-refractivity contribution in [2.45, 2.75) is 6.92 Å². The van der Waals surface area contributed by atoms with E-state index >= 15 is 0 Å². The summed E-state index contributed by atoms with van der Waals surface area (Å²) >= 11 is 0. The fourth-order valence-corrected chi connectivity index (χ4v) is 2.29. The van der Waals surface area contributed by atoms with Crippen molar-refractivity contribution in [3.05, 3.63) is 83.4 Å². The Morgan fingerprint density at radius 2 is 1.43 bits per heavy atom. The Balaban J connectivity index is 1.78. The Kier molecular flexibility index (Phi) is 5.45. The molecule has 28 heavy (non-hydrogen) atoms. The maximum Gasteiger partial charge on any atom is 0.345 e. The molecule has 2 aromatic carbocycles. The minimum Gasteiger partial charge on any atom is -0.503 e. The summed E-state index contributed by atoms with van der Waals surface area (Å²) in [6.07, 6.45) is 0. The maximum absolute atomic E-state index is 12.3. The Morgan fingerprint density at radius 3 is 2.14 bits per heavy atom. The van der Waals surface area contributed by atoms with Gasteiger partial charge in [-0.3, -0.25) is 4.79 Å².